The number of nitrogens with zero attached hydrogens (tertiary/aromatic N) is 4. The largest absolute Gasteiger partial charge is 0.354 e. The van der Waals surface area contributed by atoms with Crippen LogP contribution in [0.15, 0.2) is 48.7 Å². The lowest BCUT2D eigenvalue weighted by Gasteiger charge is -2.51. The minimum absolute atomic E-state index is 0.273. The Morgan fingerprint density at radius 2 is 1.97 bits per heavy atom. The maximum absolute atomic E-state index is 13.3. The number of anilines is 2. The van der Waals surface area contributed by atoms with Gasteiger partial charge in [-0.1, -0.05) is 12.1 Å². The molecule has 2 aromatic rings. The Morgan fingerprint density at radius 1 is 1.09 bits per heavy atom. The van der Waals surface area contributed by atoms with Gasteiger partial charge in [-0.25, -0.2) is 14.2 Å². The molecule has 0 spiro atoms. The summed E-state index contributed by atoms with van der Waals surface area (Å²) in [6.07, 6.45) is 4.26. The van der Waals surface area contributed by atoms with E-state index in [0.717, 1.165) is 64.0 Å². The van der Waals surface area contributed by atoms with Crippen LogP contribution in [-0.2, 0) is 0 Å². The maximum Gasteiger partial charge on any atom is 0.319 e. The summed E-state index contributed by atoms with van der Waals surface area (Å²) in [7, 11) is 0. The van der Waals surface area contributed by atoms with E-state index < -0.39 is 0 Å². The van der Waals surface area contributed by atoms with E-state index >= 15 is 0 Å². The number of hydrogen-bond donors (Lipinski definition) is 2. The molecule has 5 heterocycles. The Morgan fingerprint density at radius 3 is 2.70 bits per heavy atom. The van der Waals surface area contributed by atoms with Gasteiger partial charge in [-0.3, -0.25) is 9.80 Å². The summed E-state index contributed by atoms with van der Waals surface area (Å²) in [5, 5.41) is 5.71. The number of fused-ring (bicyclic) bond motifs is 3. The molecule has 4 fully saturated rings. The number of pyridine rings is 1. The normalized spacial score (nSPS) is 27.4. The molecule has 4 atom stereocenters. The van der Waals surface area contributed by atoms with Crippen LogP contribution in [0, 0.1) is 17.7 Å². The van der Waals surface area contributed by atoms with Crippen molar-refractivity contribution in [1.82, 2.24) is 20.1 Å². The van der Waals surface area contributed by atoms with Crippen LogP contribution in [0.5, 0.6) is 0 Å². The van der Waals surface area contributed by atoms with Gasteiger partial charge in [-0.15, -0.1) is 0 Å². The Kier molecular flexibility index (Phi) is 6.73. The summed E-state index contributed by atoms with van der Waals surface area (Å²) in [4.78, 5) is 24.3. The molecule has 4 aliphatic rings. The highest BCUT2D eigenvalue weighted by molar-refractivity contribution is 5.89. The summed E-state index contributed by atoms with van der Waals surface area (Å²) in [6.45, 7) is 8.27. The number of piperidine rings is 3. The highest BCUT2D eigenvalue weighted by Gasteiger charge is 2.40. The average Bonchev–Trinajstić information content (AvgIpc) is 2.84. The van der Waals surface area contributed by atoms with E-state index in [0.29, 0.717) is 24.2 Å². The van der Waals surface area contributed by atoms with Crippen molar-refractivity contribution in [3.63, 3.8) is 0 Å². The first kappa shape index (κ1) is 22.1. The number of benzene rings is 1. The van der Waals surface area contributed by atoms with Crippen molar-refractivity contribution in [2.24, 2.45) is 11.8 Å². The predicted molar refractivity (Wildman–Crippen MR) is 128 cm³/mol. The van der Waals surface area contributed by atoms with Crippen LogP contribution in [-0.4, -0.2) is 79.2 Å². The molecular formula is C25H33FN6O. The van der Waals surface area contributed by atoms with Gasteiger partial charge in [0, 0.05) is 63.7 Å². The molecular weight excluding hydrogens is 419 g/mol. The third kappa shape index (κ3) is 5.45. The molecule has 0 saturated carbocycles. The molecule has 4 aliphatic heterocycles. The lowest BCUT2D eigenvalue weighted by molar-refractivity contribution is -0.0114. The lowest BCUT2D eigenvalue weighted by Crippen LogP contribution is -2.59. The fourth-order valence-corrected chi connectivity index (χ4v) is 5.65. The molecule has 1 aromatic carbocycles. The molecule has 0 aliphatic carbocycles. The number of nitrogens with one attached hydrogen (secondary N) is 2. The van der Waals surface area contributed by atoms with Crippen molar-refractivity contribution in [3.8, 4) is 0 Å². The van der Waals surface area contributed by atoms with Crippen molar-refractivity contribution in [1.29, 1.82) is 0 Å². The summed E-state index contributed by atoms with van der Waals surface area (Å²) < 4.78 is 13.3. The highest BCUT2D eigenvalue weighted by atomic mass is 19.1. The molecule has 4 saturated heterocycles. The molecule has 6 rings (SSSR count). The third-order valence-electron chi connectivity index (χ3n) is 7.43. The van der Waals surface area contributed by atoms with E-state index in [4.69, 9.17) is 0 Å². The number of rotatable bonds is 6. The number of aromatic nitrogens is 1. The zero-order chi connectivity index (χ0) is 22.6. The first-order valence-electron chi connectivity index (χ1n) is 12.1. The Balaban J connectivity index is 1.06. The summed E-state index contributed by atoms with van der Waals surface area (Å²) in [5.41, 5.74) is 0.473. The number of amides is 2. The molecule has 2 N–H and O–H groups in total. The molecule has 176 valence electrons. The van der Waals surface area contributed by atoms with Gasteiger partial charge in [-0.05, 0) is 61.6 Å². The standard InChI is InChI=1S/C25H33FN6O/c26-21-4-3-5-22(15-21)29-25(33)28-16-23-14-19-7-9-32(23)18-20(19)17-30-10-12-31(13-11-30)24-6-1-2-8-27-24/h1-6,8,15,19-20,23H,7,9-14,16-18H2,(H2,28,29,33). The topological polar surface area (TPSA) is 63.7 Å². The van der Waals surface area contributed by atoms with Gasteiger partial charge in [0.15, 0.2) is 0 Å². The van der Waals surface area contributed by atoms with Crippen molar-refractivity contribution in [2.75, 3.05) is 62.6 Å². The number of piperazine rings is 1. The molecule has 7 nitrogen and oxygen atoms in total. The SMILES string of the molecule is O=C(NCC1CC2CCN1CC2CN1CCN(c2ccccn2)CC1)Nc1cccc(F)c1. The summed E-state index contributed by atoms with van der Waals surface area (Å²) in [6, 6.07) is 12.2. The fourth-order valence-electron chi connectivity index (χ4n) is 5.65. The Bertz CT molecular complexity index is 936. The van der Waals surface area contributed by atoms with Crippen LogP contribution in [0.3, 0.4) is 0 Å². The van der Waals surface area contributed by atoms with Crippen molar-refractivity contribution in [2.45, 2.75) is 18.9 Å². The van der Waals surface area contributed by atoms with E-state index in [-0.39, 0.29) is 11.8 Å². The van der Waals surface area contributed by atoms with E-state index in [2.05, 4.69) is 42.5 Å². The van der Waals surface area contributed by atoms with E-state index in [1.54, 1.807) is 12.1 Å². The second-order valence-corrected chi connectivity index (χ2v) is 9.51. The molecule has 4 unspecified atom stereocenters. The third-order valence-corrected chi connectivity index (χ3v) is 7.43. The van der Waals surface area contributed by atoms with E-state index in [1.807, 2.05) is 12.3 Å². The number of halogens is 1. The summed E-state index contributed by atoms with van der Waals surface area (Å²) >= 11 is 0. The van der Waals surface area contributed by atoms with Gasteiger partial charge < -0.3 is 15.5 Å². The van der Waals surface area contributed by atoms with Crippen LogP contribution < -0.4 is 15.5 Å². The number of hydrogen-bond acceptors (Lipinski definition) is 5. The van der Waals surface area contributed by atoms with Crippen LogP contribution in [0.25, 0.3) is 0 Å². The Hall–Kier alpha value is -2.71. The van der Waals surface area contributed by atoms with E-state index in [9.17, 15) is 9.18 Å². The number of urea groups is 1. The van der Waals surface area contributed by atoms with Gasteiger partial charge in [0.2, 0.25) is 0 Å². The first-order chi connectivity index (χ1) is 16.1. The second-order valence-electron chi connectivity index (χ2n) is 9.51. The molecule has 2 amide bonds. The number of carbonyl (C=O) groups excluding carboxylic acids is 1. The maximum atomic E-state index is 13.3. The van der Waals surface area contributed by atoms with Crippen molar-refractivity contribution in [3.05, 3.63) is 54.5 Å². The molecule has 2 bridgehead atoms. The fraction of sp³-hybridized carbons (Fsp3) is 0.520. The van der Waals surface area contributed by atoms with Crippen LogP contribution in [0.1, 0.15) is 12.8 Å². The monoisotopic (exact) mass is 452 g/mol. The van der Waals surface area contributed by atoms with Crippen LogP contribution in [0.4, 0.5) is 20.7 Å². The van der Waals surface area contributed by atoms with Gasteiger partial charge in [-0.2, -0.15) is 0 Å². The summed E-state index contributed by atoms with van der Waals surface area (Å²) in [5.74, 6) is 2.16. The van der Waals surface area contributed by atoms with Gasteiger partial charge in [0.1, 0.15) is 11.6 Å². The van der Waals surface area contributed by atoms with E-state index in [1.165, 1.54) is 18.6 Å². The van der Waals surface area contributed by atoms with Gasteiger partial charge in [0.05, 0.1) is 0 Å². The average molecular weight is 453 g/mol. The zero-order valence-corrected chi connectivity index (χ0v) is 19.0. The minimum atomic E-state index is -0.354. The van der Waals surface area contributed by atoms with Gasteiger partial charge >= 0.3 is 6.03 Å². The number of carbonyl (C=O) groups is 1. The predicted octanol–water partition coefficient (Wildman–Crippen LogP) is 2.87. The molecule has 0 radical (unpaired) electrons. The molecule has 33 heavy (non-hydrogen) atoms. The zero-order valence-electron chi connectivity index (χ0n) is 19.0. The lowest BCUT2D eigenvalue weighted by atomic mass is 9.75. The van der Waals surface area contributed by atoms with Crippen molar-refractivity contribution >= 4 is 17.5 Å². The second kappa shape index (κ2) is 10.1. The van der Waals surface area contributed by atoms with Crippen molar-refractivity contribution < 1.29 is 9.18 Å². The smallest absolute Gasteiger partial charge is 0.319 e. The quantitative estimate of drug-likeness (QED) is 0.706. The first-order valence-corrected chi connectivity index (χ1v) is 12.1. The highest BCUT2D eigenvalue weighted by Crippen LogP contribution is 2.36. The molecule has 8 heteroatoms. The minimum Gasteiger partial charge on any atom is -0.354 e. The molecule has 1 aromatic heterocycles. The van der Waals surface area contributed by atoms with Gasteiger partial charge in [0.25, 0.3) is 0 Å². The Labute approximate surface area is 195 Å². The van der Waals surface area contributed by atoms with Crippen LogP contribution >= 0.6 is 0 Å². The van der Waals surface area contributed by atoms with Crippen LogP contribution in [0.2, 0.25) is 0 Å².